The second-order valence-electron chi connectivity index (χ2n) is 6.50. The fourth-order valence-electron chi connectivity index (χ4n) is 3.09. The van der Waals surface area contributed by atoms with E-state index in [0.717, 1.165) is 39.0 Å². The van der Waals surface area contributed by atoms with Gasteiger partial charge in [0, 0.05) is 18.0 Å². The minimum absolute atomic E-state index is 0.211. The molecule has 29 heavy (non-hydrogen) atoms. The second kappa shape index (κ2) is 7.43. The molecule has 2 aromatic heterocycles. The molecule has 0 radical (unpaired) electrons. The van der Waals surface area contributed by atoms with E-state index in [4.69, 9.17) is 10.7 Å². The quantitative estimate of drug-likeness (QED) is 0.369. The zero-order chi connectivity index (χ0) is 20.4. The van der Waals surface area contributed by atoms with Gasteiger partial charge < -0.3 is 15.4 Å². The molecule has 4 rings (SSSR count). The number of urea groups is 1. The number of amides is 2. The van der Waals surface area contributed by atoms with E-state index in [9.17, 15) is 9.90 Å². The normalized spacial score (nSPS) is 11.2. The molecule has 2 aromatic carbocycles. The van der Waals surface area contributed by atoms with Crippen LogP contribution < -0.4 is 11.2 Å². The van der Waals surface area contributed by atoms with Crippen LogP contribution in [-0.2, 0) is 7.05 Å². The summed E-state index contributed by atoms with van der Waals surface area (Å²) in [7, 11) is 1.89. The number of aromatic nitrogens is 3. The van der Waals surface area contributed by atoms with Crippen molar-refractivity contribution < 1.29 is 9.90 Å². The highest BCUT2D eigenvalue weighted by Crippen LogP contribution is 2.29. The van der Waals surface area contributed by atoms with Crippen molar-refractivity contribution in [2.24, 2.45) is 17.9 Å². The predicted molar refractivity (Wildman–Crippen MR) is 111 cm³/mol. The van der Waals surface area contributed by atoms with E-state index < -0.39 is 6.03 Å². The zero-order valence-electron chi connectivity index (χ0n) is 15.6. The third kappa shape index (κ3) is 3.77. The Morgan fingerprint density at radius 1 is 1.17 bits per heavy atom. The molecule has 0 aliphatic rings. The number of rotatable bonds is 4. The van der Waals surface area contributed by atoms with Crippen molar-refractivity contribution in [2.45, 2.75) is 0 Å². The van der Waals surface area contributed by atoms with Gasteiger partial charge in [0.15, 0.2) is 0 Å². The number of carbonyl (C=O) groups excluding carboxylic acids is 1. The van der Waals surface area contributed by atoms with Crippen LogP contribution in [0.2, 0.25) is 0 Å². The number of primary amides is 1. The van der Waals surface area contributed by atoms with Gasteiger partial charge in [-0.05, 0) is 41.5 Å². The van der Waals surface area contributed by atoms with E-state index in [0.29, 0.717) is 0 Å². The number of nitrogens with zero attached hydrogens (tertiary/aromatic N) is 4. The molecule has 0 atom stereocenters. The average Bonchev–Trinajstić information content (AvgIpc) is 3.14. The lowest BCUT2D eigenvalue weighted by Gasteiger charge is -2.10. The van der Waals surface area contributed by atoms with Crippen molar-refractivity contribution in [3.8, 4) is 28.3 Å². The van der Waals surface area contributed by atoms with Crippen LogP contribution in [0.25, 0.3) is 33.4 Å². The van der Waals surface area contributed by atoms with Gasteiger partial charge in [-0.2, -0.15) is 5.10 Å². The first kappa shape index (κ1) is 18.2. The summed E-state index contributed by atoms with van der Waals surface area (Å²) in [6.07, 6.45) is 4.98. The van der Waals surface area contributed by atoms with Crippen LogP contribution in [0.5, 0.6) is 5.75 Å². The van der Waals surface area contributed by atoms with E-state index in [1.54, 1.807) is 24.7 Å². The smallest absolute Gasteiger partial charge is 0.332 e. The standard InChI is InChI=1S/C21H18N6O2/c1-27-12-23-11-20(27)19-9-15(10-24-26-21(22)29)17-8-14(4-7-18(17)25-19)13-2-5-16(28)6-3-13/h2-12,28H,1H3,(H3,22,26,29). The van der Waals surface area contributed by atoms with Gasteiger partial charge >= 0.3 is 6.03 Å². The number of nitrogens with one attached hydrogen (secondary N) is 1. The predicted octanol–water partition coefficient (Wildman–Crippen LogP) is 3.01. The van der Waals surface area contributed by atoms with Gasteiger partial charge in [0.05, 0.1) is 35.6 Å². The minimum Gasteiger partial charge on any atom is -0.508 e. The molecule has 0 aliphatic carbocycles. The highest BCUT2D eigenvalue weighted by atomic mass is 16.3. The summed E-state index contributed by atoms with van der Waals surface area (Å²) in [6.45, 7) is 0. The maximum atomic E-state index is 11.0. The summed E-state index contributed by atoms with van der Waals surface area (Å²) in [5.41, 5.74) is 12.4. The molecule has 0 unspecified atom stereocenters. The van der Waals surface area contributed by atoms with Crippen molar-refractivity contribution in [2.75, 3.05) is 0 Å². The number of nitrogens with two attached hydrogens (primary N) is 1. The van der Waals surface area contributed by atoms with E-state index in [1.165, 1.54) is 6.21 Å². The van der Waals surface area contributed by atoms with Crippen LogP contribution in [0, 0.1) is 0 Å². The topological polar surface area (TPSA) is 118 Å². The van der Waals surface area contributed by atoms with Crippen LogP contribution in [0.4, 0.5) is 4.79 Å². The molecule has 2 heterocycles. The van der Waals surface area contributed by atoms with Crippen molar-refractivity contribution in [1.82, 2.24) is 20.0 Å². The molecule has 144 valence electrons. The second-order valence-corrected chi connectivity index (χ2v) is 6.50. The van der Waals surface area contributed by atoms with E-state index in [-0.39, 0.29) is 5.75 Å². The molecule has 0 aliphatic heterocycles. The van der Waals surface area contributed by atoms with Crippen LogP contribution in [0.1, 0.15) is 5.56 Å². The summed E-state index contributed by atoms with van der Waals surface area (Å²) in [4.78, 5) is 19.9. The summed E-state index contributed by atoms with van der Waals surface area (Å²) < 4.78 is 1.88. The Hall–Kier alpha value is -4.20. The first-order valence-corrected chi connectivity index (χ1v) is 8.80. The molecule has 0 saturated heterocycles. The van der Waals surface area contributed by atoms with Crippen LogP contribution in [0.15, 0.2) is 66.2 Å². The number of carbonyl (C=O) groups is 1. The number of fused-ring (bicyclic) bond motifs is 1. The molecule has 0 saturated carbocycles. The van der Waals surface area contributed by atoms with E-state index in [2.05, 4.69) is 15.5 Å². The summed E-state index contributed by atoms with van der Waals surface area (Å²) >= 11 is 0. The lowest BCUT2D eigenvalue weighted by molar-refractivity contribution is 0.249. The molecule has 0 bridgehead atoms. The summed E-state index contributed by atoms with van der Waals surface area (Å²) in [5.74, 6) is 0.211. The molecule has 8 nitrogen and oxygen atoms in total. The van der Waals surface area contributed by atoms with E-state index in [1.807, 2.05) is 48.0 Å². The monoisotopic (exact) mass is 386 g/mol. The number of imidazole rings is 1. The summed E-state index contributed by atoms with van der Waals surface area (Å²) in [6, 6.07) is 14.0. The Bertz CT molecular complexity index is 1230. The SMILES string of the molecule is Cn1cncc1-c1cc(C=NNC(N)=O)c2cc(-c3ccc(O)cc3)ccc2n1. The average molecular weight is 386 g/mol. The van der Waals surface area contributed by atoms with Gasteiger partial charge in [-0.1, -0.05) is 18.2 Å². The minimum atomic E-state index is -0.740. The Balaban J connectivity index is 1.87. The maximum Gasteiger partial charge on any atom is 0.332 e. The molecule has 8 heteroatoms. The number of hydrogen-bond acceptors (Lipinski definition) is 5. The highest BCUT2D eigenvalue weighted by molar-refractivity contribution is 6.01. The number of aromatic hydroxyl groups is 1. The number of hydrazone groups is 1. The maximum absolute atomic E-state index is 11.0. The molecule has 0 spiro atoms. The van der Waals surface area contributed by atoms with Gasteiger partial charge in [-0.15, -0.1) is 0 Å². The third-order valence-corrected chi connectivity index (χ3v) is 4.50. The van der Waals surface area contributed by atoms with Gasteiger partial charge in [0.1, 0.15) is 5.75 Å². The summed E-state index contributed by atoms with van der Waals surface area (Å²) in [5, 5.41) is 14.3. The van der Waals surface area contributed by atoms with Gasteiger partial charge in [0.25, 0.3) is 0 Å². The van der Waals surface area contributed by atoms with Gasteiger partial charge in [-0.3, -0.25) is 0 Å². The van der Waals surface area contributed by atoms with Crippen LogP contribution in [-0.4, -0.2) is 31.9 Å². The van der Waals surface area contributed by atoms with E-state index >= 15 is 0 Å². The number of aryl methyl sites for hydroxylation is 1. The first-order chi connectivity index (χ1) is 14.0. The zero-order valence-corrected chi connectivity index (χ0v) is 15.6. The molecular formula is C21H18N6O2. The first-order valence-electron chi connectivity index (χ1n) is 8.80. The Kier molecular flexibility index (Phi) is 4.66. The number of phenols is 1. The molecule has 4 aromatic rings. The fraction of sp³-hybridized carbons (Fsp3) is 0.0476. The van der Waals surface area contributed by atoms with Gasteiger partial charge in [-0.25, -0.2) is 20.2 Å². The Morgan fingerprint density at radius 2 is 1.93 bits per heavy atom. The van der Waals surface area contributed by atoms with Crippen molar-refractivity contribution in [3.63, 3.8) is 0 Å². The number of hydrogen-bond donors (Lipinski definition) is 3. The van der Waals surface area contributed by atoms with Gasteiger partial charge in [0.2, 0.25) is 0 Å². The van der Waals surface area contributed by atoms with Crippen LogP contribution >= 0.6 is 0 Å². The highest BCUT2D eigenvalue weighted by Gasteiger charge is 2.11. The number of phenolic OH excluding ortho intramolecular Hbond substituents is 1. The number of benzene rings is 2. The Labute approximate surface area is 166 Å². The van der Waals surface area contributed by atoms with Crippen molar-refractivity contribution >= 4 is 23.1 Å². The fourth-order valence-corrected chi connectivity index (χ4v) is 3.09. The lowest BCUT2D eigenvalue weighted by Crippen LogP contribution is -2.24. The van der Waals surface area contributed by atoms with Crippen molar-refractivity contribution in [3.05, 3.63) is 66.6 Å². The number of pyridine rings is 1. The molecule has 2 amide bonds. The molecule has 4 N–H and O–H groups in total. The largest absolute Gasteiger partial charge is 0.508 e. The third-order valence-electron chi connectivity index (χ3n) is 4.50. The lowest BCUT2D eigenvalue weighted by atomic mass is 10.00. The van der Waals surface area contributed by atoms with Crippen LogP contribution in [0.3, 0.4) is 0 Å². The Morgan fingerprint density at radius 3 is 2.62 bits per heavy atom. The molecule has 0 fully saturated rings. The van der Waals surface area contributed by atoms with Crippen molar-refractivity contribution in [1.29, 1.82) is 0 Å². The molecular weight excluding hydrogens is 368 g/mol.